The Kier molecular flexibility index (Phi) is 5.11. The number of rotatable bonds is 4. The van der Waals surface area contributed by atoms with Crippen molar-refractivity contribution >= 4 is 33.9 Å². The number of amides is 1. The third-order valence-corrected chi connectivity index (χ3v) is 5.83. The van der Waals surface area contributed by atoms with Crippen molar-refractivity contribution in [2.45, 2.75) is 26.6 Å². The van der Waals surface area contributed by atoms with Gasteiger partial charge in [0.05, 0.1) is 40.6 Å². The highest BCUT2D eigenvalue weighted by Crippen LogP contribution is 2.29. The molecule has 1 aromatic carbocycles. The van der Waals surface area contributed by atoms with Gasteiger partial charge in [-0.25, -0.2) is 19.3 Å². The number of anilines is 1. The first kappa shape index (κ1) is 22.6. The molecule has 0 fully saturated rings. The molecule has 4 heterocycles. The average molecular weight is 485 g/mol. The van der Waals surface area contributed by atoms with Crippen LogP contribution < -0.4 is 5.73 Å². The smallest absolute Gasteiger partial charge is 0.382 e. The lowest BCUT2D eigenvalue weighted by molar-refractivity contribution is -0.137. The molecule has 5 rings (SSSR count). The summed E-state index contributed by atoms with van der Waals surface area (Å²) in [6, 6.07) is 4.75. The second kappa shape index (κ2) is 7.93. The Morgan fingerprint density at radius 2 is 1.91 bits per heavy atom. The van der Waals surface area contributed by atoms with Crippen molar-refractivity contribution in [3.05, 3.63) is 71.3 Å². The van der Waals surface area contributed by atoms with Gasteiger partial charge in [0.15, 0.2) is 0 Å². The molecule has 0 aliphatic carbocycles. The normalized spacial score (nSPS) is 12.2. The van der Waals surface area contributed by atoms with Crippen LogP contribution in [0.5, 0.6) is 0 Å². The second-order valence-corrected chi connectivity index (χ2v) is 8.08. The van der Waals surface area contributed by atoms with E-state index in [4.69, 9.17) is 5.73 Å². The fraction of sp³-hybridized carbons (Fsp3) is 0.217. The van der Waals surface area contributed by atoms with Gasteiger partial charge in [-0.05, 0) is 32.0 Å². The Balaban J connectivity index is 1.51. The van der Waals surface area contributed by atoms with Crippen molar-refractivity contribution in [1.29, 1.82) is 0 Å². The van der Waals surface area contributed by atoms with E-state index in [0.717, 1.165) is 18.3 Å². The maximum absolute atomic E-state index is 15.0. The van der Waals surface area contributed by atoms with Crippen LogP contribution in [0.2, 0.25) is 0 Å². The van der Waals surface area contributed by atoms with Crippen LogP contribution in [0.3, 0.4) is 0 Å². The van der Waals surface area contributed by atoms with E-state index in [1.54, 1.807) is 24.4 Å². The second-order valence-electron chi connectivity index (χ2n) is 8.08. The summed E-state index contributed by atoms with van der Waals surface area (Å²) in [6.45, 7) is 3.67. The number of aryl methyl sites for hydroxylation is 1. The lowest BCUT2D eigenvalue weighted by Crippen LogP contribution is -2.31. The average Bonchev–Trinajstić information content (AvgIpc) is 3.39. The summed E-state index contributed by atoms with van der Waals surface area (Å²) in [5.74, 6) is -0.579. The number of nitrogens with zero attached hydrogens (tertiary/aromatic N) is 6. The first-order valence-electron chi connectivity index (χ1n) is 10.6. The predicted octanol–water partition coefficient (Wildman–Crippen LogP) is 4.24. The molecule has 0 atom stereocenters. The van der Waals surface area contributed by atoms with Gasteiger partial charge >= 0.3 is 6.18 Å². The van der Waals surface area contributed by atoms with Crippen LogP contribution in [-0.2, 0) is 12.7 Å². The van der Waals surface area contributed by atoms with E-state index in [-0.39, 0.29) is 30.0 Å². The van der Waals surface area contributed by atoms with E-state index in [9.17, 15) is 18.0 Å². The molecular weight excluding hydrogens is 466 g/mol. The third kappa shape index (κ3) is 3.80. The summed E-state index contributed by atoms with van der Waals surface area (Å²) in [6.07, 6.45) is -0.587. The monoisotopic (exact) mass is 485 g/mol. The van der Waals surface area contributed by atoms with Gasteiger partial charge < -0.3 is 15.0 Å². The van der Waals surface area contributed by atoms with Gasteiger partial charge in [0.25, 0.3) is 5.91 Å². The van der Waals surface area contributed by atoms with E-state index >= 15 is 4.39 Å². The number of pyridine rings is 1. The number of halogens is 4. The van der Waals surface area contributed by atoms with Crippen molar-refractivity contribution in [3.8, 4) is 0 Å². The topological polar surface area (TPSA) is 93.8 Å². The van der Waals surface area contributed by atoms with Crippen LogP contribution in [0, 0.1) is 12.7 Å². The minimum atomic E-state index is -4.49. The number of aromatic nitrogens is 5. The molecule has 180 valence electrons. The van der Waals surface area contributed by atoms with Gasteiger partial charge in [0.2, 0.25) is 0 Å². The number of hydrogen-bond donors (Lipinski definition) is 1. The number of fused-ring (bicyclic) bond motifs is 4. The highest BCUT2D eigenvalue weighted by Gasteiger charge is 2.31. The minimum Gasteiger partial charge on any atom is -0.382 e. The van der Waals surface area contributed by atoms with Crippen molar-refractivity contribution in [2.75, 3.05) is 12.3 Å². The van der Waals surface area contributed by atoms with Gasteiger partial charge in [-0.1, -0.05) is 0 Å². The lowest BCUT2D eigenvalue weighted by Gasteiger charge is -2.20. The molecule has 0 saturated heterocycles. The Hall–Kier alpha value is -4.22. The van der Waals surface area contributed by atoms with Crippen LogP contribution in [0.25, 0.3) is 22.2 Å². The van der Waals surface area contributed by atoms with Gasteiger partial charge in [0, 0.05) is 25.0 Å². The summed E-state index contributed by atoms with van der Waals surface area (Å²) < 4.78 is 57.0. The summed E-state index contributed by atoms with van der Waals surface area (Å²) in [7, 11) is 0. The number of hydrogen-bond acceptors (Lipinski definition) is 5. The molecule has 0 spiro atoms. The number of carbonyl (C=O) groups is 1. The standard InChI is InChI=1S/C23H19F4N7O/c1-3-32(10-14-11-33-9-13(23(25,26)27)4-5-20(33)30-14)22(35)15-6-18-17(7-16(15)24)31-21(28)19-8-29-12(2)34(18)19/h4-9,11H,3,10H2,1-2H3,(H2,28,31). The van der Waals surface area contributed by atoms with E-state index < -0.39 is 23.5 Å². The first-order valence-corrected chi connectivity index (χ1v) is 10.6. The fourth-order valence-electron chi connectivity index (χ4n) is 4.08. The summed E-state index contributed by atoms with van der Waals surface area (Å²) in [4.78, 5) is 27.4. The van der Waals surface area contributed by atoms with Crippen LogP contribution in [0.15, 0.2) is 42.9 Å². The van der Waals surface area contributed by atoms with Crippen LogP contribution in [0.4, 0.5) is 23.4 Å². The summed E-state index contributed by atoms with van der Waals surface area (Å²) in [5, 5.41) is 0. The number of nitrogen functional groups attached to an aromatic ring is 1. The zero-order chi connectivity index (χ0) is 25.1. The first-order chi connectivity index (χ1) is 16.6. The molecule has 0 saturated carbocycles. The van der Waals surface area contributed by atoms with Crippen molar-refractivity contribution in [3.63, 3.8) is 0 Å². The van der Waals surface area contributed by atoms with Gasteiger partial charge in [-0.2, -0.15) is 13.2 Å². The van der Waals surface area contributed by atoms with E-state index in [1.165, 1.54) is 27.6 Å². The van der Waals surface area contributed by atoms with Crippen molar-refractivity contribution < 1.29 is 22.4 Å². The van der Waals surface area contributed by atoms with Gasteiger partial charge in [0.1, 0.15) is 28.6 Å². The third-order valence-electron chi connectivity index (χ3n) is 5.83. The molecular formula is C23H19F4N7O. The van der Waals surface area contributed by atoms with E-state index in [0.29, 0.717) is 28.2 Å². The molecule has 12 heteroatoms. The molecule has 1 amide bonds. The van der Waals surface area contributed by atoms with Crippen LogP contribution >= 0.6 is 0 Å². The van der Waals surface area contributed by atoms with E-state index in [2.05, 4.69) is 15.0 Å². The molecule has 0 aliphatic heterocycles. The number of nitrogens with two attached hydrogens (primary N) is 1. The highest BCUT2D eigenvalue weighted by molar-refractivity contribution is 5.98. The predicted molar refractivity (Wildman–Crippen MR) is 120 cm³/mol. The molecule has 2 N–H and O–H groups in total. The van der Waals surface area contributed by atoms with Gasteiger partial charge in [-0.3, -0.25) is 9.20 Å². The van der Waals surface area contributed by atoms with Crippen molar-refractivity contribution in [1.82, 2.24) is 28.7 Å². The maximum Gasteiger partial charge on any atom is 0.417 e. The quantitative estimate of drug-likeness (QED) is 0.385. The molecule has 0 aliphatic rings. The summed E-state index contributed by atoms with van der Waals surface area (Å²) >= 11 is 0. The van der Waals surface area contributed by atoms with E-state index in [1.807, 2.05) is 0 Å². The largest absolute Gasteiger partial charge is 0.417 e. The Morgan fingerprint density at radius 3 is 2.63 bits per heavy atom. The minimum absolute atomic E-state index is 0.0185. The van der Waals surface area contributed by atoms with Gasteiger partial charge in [-0.15, -0.1) is 0 Å². The zero-order valence-corrected chi connectivity index (χ0v) is 18.6. The fourth-order valence-corrected chi connectivity index (χ4v) is 4.08. The molecule has 8 nitrogen and oxygen atoms in total. The molecule has 35 heavy (non-hydrogen) atoms. The van der Waals surface area contributed by atoms with Crippen molar-refractivity contribution in [2.24, 2.45) is 0 Å². The van der Waals surface area contributed by atoms with Crippen LogP contribution in [0.1, 0.15) is 34.4 Å². The molecule has 5 aromatic rings. The number of imidazole rings is 2. The number of alkyl halides is 3. The van der Waals surface area contributed by atoms with Crippen LogP contribution in [-0.4, -0.2) is 41.1 Å². The Bertz CT molecular complexity index is 1620. The highest BCUT2D eigenvalue weighted by atomic mass is 19.4. The number of benzene rings is 1. The summed E-state index contributed by atoms with van der Waals surface area (Å²) in [5.41, 5.74) is 6.92. The molecule has 4 aromatic heterocycles. The zero-order valence-electron chi connectivity index (χ0n) is 18.6. The molecule has 0 unspecified atom stereocenters. The Morgan fingerprint density at radius 1 is 1.14 bits per heavy atom. The maximum atomic E-state index is 15.0. The number of carbonyl (C=O) groups excluding carboxylic acids is 1. The lowest BCUT2D eigenvalue weighted by atomic mass is 10.1. The Labute approximate surface area is 195 Å². The molecule has 0 bridgehead atoms. The SMILES string of the molecule is CCN(Cc1cn2cc(C(F)(F)F)ccc2n1)C(=O)c1cc2c(cc1F)nc(N)c1cnc(C)n12. The molecule has 0 radical (unpaired) electrons.